The summed E-state index contributed by atoms with van der Waals surface area (Å²) in [6.45, 7) is 0. The van der Waals surface area contributed by atoms with Crippen LogP contribution in [-0.4, -0.2) is 4.98 Å². The van der Waals surface area contributed by atoms with Gasteiger partial charge in [-0.05, 0) is 18.2 Å². The number of benzene rings is 1. The summed E-state index contributed by atoms with van der Waals surface area (Å²) in [5.74, 6) is -0.117. The first-order valence-corrected chi connectivity index (χ1v) is 4.73. The maximum absolute atomic E-state index is 12.6. The van der Waals surface area contributed by atoms with Crippen LogP contribution in [0.5, 0.6) is 11.5 Å². The van der Waals surface area contributed by atoms with Gasteiger partial charge in [0.2, 0.25) is 0 Å². The van der Waals surface area contributed by atoms with Crippen molar-refractivity contribution < 1.29 is 17.9 Å². The predicted molar refractivity (Wildman–Crippen MR) is 54.6 cm³/mol. The van der Waals surface area contributed by atoms with E-state index in [4.69, 9.17) is 4.74 Å². The summed E-state index contributed by atoms with van der Waals surface area (Å²) < 4.78 is 43.0. The predicted octanol–water partition coefficient (Wildman–Crippen LogP) is 3.69. The van der Waals surface area contributed by atoms with Crippen molar-refractivity contribution in [3.8, 4) is 11.5 Å². The molecule has 0 saturated carbocycles. The summed E-state index contributed by atoms with van der Waals surface area (Å²) in [4.78, 5) is 3.75. The second-order valence-electron chi connectivity index (χ2n) is 3.20. The van der Waals surface area contributed by atoms with Crippen molar-refractivity contribution in [2.24, 2.45) is 0 Å². The molecule has 0 atom stereocenters. The lowest BCUT2D eigenvalue weighted by Gasteiger charge is -2.12. The number of rotatable bonds is 2. The van der Waals surface area contributed by atoms with E-state index in [0.29, 0.717) is 0 Å². The van der Waals surface area contributed by atoms with Crippen molar-refractivity contribution in [2.75, 3.05) is 0 Å². The largest absolute Gasteiger partial charge is 0.454 e. The van der Waals surface area contributed by atoms with E-state index in [9.17, 15) is 13.2 Å². The van der Waals surface area contributed by atoms with E-state index >= 15 is 0 Å². The van der Waals surface area contributed by atoms with Crippen molar-refractivity contribution >= 4 is 0 Å². The van der Waals surface area contributed by atoms with Crippen molar-refractivity contribution in [2.45, 2.75) is 6.18 Å². The van der Waals surface area contributed by atoms with Crippen LogP contribution in [-0.2, 0) is 6.18 Å². The monoisotopic (exact) mass is 238 g/mol. The molecule has 1 aromatic heterocycles. The van der Waals surface area contributed by atoms with E-state index in [1.807, 2.05) is 0 Å². The first-order chi connectivity index (χ1) is 8.07. The second-order valence-corrected chi connectivity index (χ2v) is 3.20. The molecule has 0 spiro atoms. The van der Waals surface area contributed by atoms with Crippen LogP contribution < -0.4 is 4.74 Å². The number of halogens is 3. The SMILES string of the molecule is FC(F)(F)c1ccc[c]c1Oc1cccnc1. The highest BCUT2D eigenvalue weighted by atomic mass is 19.4. The van der Waals surface area contributed by atoms with Crippen LogP contribution in [0.1, 0.15) is 5.56 Å². The van der Waals surface area contributed by atoms with Gasteiger partial charge in [0, 0.05) is 12.3 Å². The summed E-state index contributed by atoms with van der Waals surface area (Å²) >= 11 is 0. The molecule has 0 N–H and O–H groups in total. The summed E-state index contributed by atoms with van der Waals surface area (Å²) in [6.07, 6.45) is -1.62. The molecule has 2 rings (SSSR count). The van der Waals surface area contributed by atoms with Gasteiger partial charge >= 0.3 is 6.18 Å². The highest BCUT2D eigenvalue weighted by molar-refractivity contribution is 5.37. The van der Waals surface area contributed by atoms with Crippen LogP contribution in [0.2, 0.25) is 0 Å². The third-order valence-corrected chi connectivity index (χ3v) is 1.98. The minimum absolute atomic E-state index is 0.237. The number of nitrogens with zero attached hydrogens (tertiary/aromatic N) is 1. The molecule has 0 unspecified atom stereocenters. The van der Waals surface area contributed by atoms with Crippen molar-refractivity contribution in [1.29, 1.82) is 0 Å². The zero-order valence-corrected chi connectivity index (χ0v) is 8.53. The second kappa shape index (κ2) is 4.45. The molecule has 0 amide bonds. The van der Waals surface area contributed by atoms with E-state index in [0.717, 1.165) is 6.07 Å². The van der Waals surface area contributed by atoms with Gasteiger partial charge in [0.25, 0.3) is 0 Å². The van der Waals surface area contributed by atoms with Gasteiger partial charge in [-0.2, -0.15) is 13.2 Å². The molecular weight excluding hydrogens is 231 g/mol. The number of hydrogen-bond donors (Lipinski definition) is 0. The molecular formula is C12H7F3NO. The first-order valence-electron chi connectivity index (χ1n) is 4.73. The van der Waals surface area contributed by atoms with Gasteiger partial charge in [-0.3, -0.25) is 4.98 Å². The van der Waals surface area contributed by atoms with E-state index in [-0.39, 0.29) is 11.5 Å². The standard InChI is InChI=1S/C12H7F3NO/c13-12(14,15)10-5-1-2-6-11(10)17-9-4-3-7-16-8-9/h1-5,7-8H. The molecule has 1 aromatic carbocycles. The lowest BCUT2D eigenvalue weighted by molar-refractivity contribution is -0.138. The maximum atomic E-state index is 12.6. The Balaban J connectivity index is 2.34. The molecule has 1 heterocycles. The highest BCUT2D eigenvalue weighted by Crippen LogP contribution is 2.37. The van der Waals surface area contributed by atoms with E-state index in [1.54, 1.807) is 6.07 Å². The lowest BCUT2D eigenvalue weighted by atomic mass is 10.2. The smallest absolute Gasteiger partial charge is 0.420 e. The molecule has 5 heteroatoms. The van der Waals surface area contributed by atoms with Gasteiger partial charge in [0.05, 0.1) is 11.8 Å². The van der Waals surface area contributed by atoms with Crippen LogP contribution in [0, 0.1) is 6.07 Å². The fourth-order valence-corrected chi connectivity index (χ4v) is 1.25. The van der Waals surface area contributed by atoms with E-state index in [2.05, 4.69) is 11.1 Å². The Morgan fingerprint density at radius 1 is 1.18 bits per heavy atom. The molecule has 1 radical (unpaired) electrons. The average Bonchev–Trinajstić information content (AvgIpc) is 2.30. The quantitative estimate of drug-likeness (QED) is 0.795. The normalized spacial score (nSPS) is 11.2. The molecule has 2 aromatic rings. The fraction of sp³-hybridized carbons (Fsp3) is 0.0833. The fourth-order valence-electron chi connectivity index (χ4n) is 1.25. The zero-order valence-electron chi connectivity index (χ0n) is 8.53. The maximum Gasteiger partial charge on any atom is 0.420 e. The Kier molecular flexibility index (Phi) is 2.99. The third kappa shape index (κ3) is 2.75. The molecule has 0 fully saturated rings. The lowest BCUT2D eigenvalue weighted by Crippen LogP contribution is -2.06. The van der Waals surface area contributed by atoms with Gasteiger partial charge < -0.3 is 4.74 Å². The number of ether oxygens (including phenoxy) is 1. The Morgan fingerprint density at radius 2 is 2.00 bits per heavy atom. The molecule has 0 aliphatic rings. The van der Waals surface area contributed by atoms with Crippen LogP contribution in [0.25, 0.3) is 0 Å². The van der Waals surface area contributed by atoms with Gasteiger partial charge in [-0.15, -0.1) is 0 Å². The Morgan fingerprint density at radius 3 is 2.65 bits per heavy atom. The van der Waals surface area contributed by atoms with Crippen LogP contribution in [0.3, 0.4) is 0 Å². The van der Waals surface area contributed by atoms with E-state index in [1.165, 1.54) is 30.6 Å². The molecule has 17 heavy (non-hydrogen) atoms. The number of aromatic nitrogens is 1. The summed E-state index contributed by atoms with van der Waals surface area (Å²) in [5.41, 5.74) is -0.858. The molecule has 0 bridgehead atoms. The number of pyridine rings is 1. The minimum Gasteiger partial charge on any atom is -0.454 e. The van der Waals surface area contributed by atoms with Crippen molar-refractivity contribution in [1.82, 2.24) is 4.98 Å². The zero-order chi connectivity index (χ0) is 12.3. The molecule has 87 valence electrons. The third-order valence-electron chi connectivity index (χ3n) is 1.98. The van der Waals surface area contributed by atoms with Crippen LogP contribution >= 0.6 is 0 Å². The minimum atomic E-state index is -4.46. The number of hydrogen-bond acceptors (Lipinski definition) is 2. The van der Waals surface area contributed by atoms with Crippen LogP contribution in [0.4, 0.5) is 13.2 Å². The van der Waals surface area contributed by atoms with Gasteiger partial charge in [0.15, 0.2) is 0 Å². The molecule has 2 nitrogen and oxygen atoms in total. The number of para-hydroxylation sites is 1. The topological polar surface area (TPSA) is 22.1 Å². The number of alkyl halides is 3. The van der Waals surface area contributed by atoms with Crippen molar-refractivity contribution in [3.63, 3.8) is 0 Å². The highest BCUT2D eigenvalue weighted by Gasteiger charge is 2.34. The Bertz CT molecular complexity index is 497. The van der Waals surface area contributed by atoms with Crippen LogP contribution in [0.15, 0.2) is 42.7 Å². The summed E-state index contributed by atoms with van der Waals surface area (Å²) in [7, 11) is 0. The molecule has 0 aliphatic heterocycles. The first kappa shape index (κ1) is 11.4. The average molecular weight is 238 g/mol. The molecule has 0 aliphatic carbocycles. The molecule has 0 saturated heterocycles. The summed E-state index contributed by atoms with van der Waals surface area (Å²) in [6, 6.07) is 9.09. The van der Waals surface area contributed by atoms with Crippen molar-refractivity contribution in [3.05, 3.63) is 54.4 Å². The Labute approximate surface area is 95.7 Å². The van der Waals surface area contributed by atoms with E-state index < -0.39 is 11.7 Å². The van der Waals surface area contributed by atoms with Gasteiger partial charge in [0.1, 0.15) is 11.5 Å². The van der Waals surface area contributed by atoms with Gasteiger partial charge in [-0.25, -0.2) is 0 Å². The van der Waals surface area contributed by atoms with Gasteiger partial charge in [-0.1, -0.05) is 12.1 Å². The summed E-state index contributed by atoms with van der Waals surface area (Å²) in [5, 5.41) is 0. The Hall–Kier alpha value is -2.04.